The van der Waals surface area contributed by atoms with Gasteiger partial charge in [-0.2, -0.15) is 0 Å². The zero-order chi connectivity index (χ0) is 8.65. The van der Waals surface area contributed by atoms with Crippen molar-refractivity contribution in [2.75, 3.05) is 0 Å². The lowest BCUT2D eigenvalue weighted by Gasteiger charge is -2.44. The van der Waals surface area contributed by atoms with Crippen molar-refractivity contribution in [2.45, 2.75) is 46.1 Å². The highest BCUT2D eigenvalue weighted by atomic mass is 16.3. The standard InChI is InChI=1S/C10H20O/c1-7(2)8-5-9(6-8)10(3,4)11/h7-9,11H,5-6H2,1-4H3. The van der Waals surface area contributed by atoms with E-state index in [1.54, 1.807) is 0 Å². The zero-order valence-electron chi connectivity index (χ0n) is 8.09. The molecule has 0 aromatic heterocycles. The fourth-order valence-corrected chi connectivity index (χ4v) is 1.78. The molecule has 0 atom stereocenters. The minimum atomic E-state index is -0.439. The molecule has 1 aliphatic carbocycles. The van der Waals surface area contributed by atoms with Crippen LogP contribution in [-0.2, 0) is 0 Å². The van der Waals surface area contributed by atoms with Crippen LogP contribution in [0.1, 0.15) is 40.5 Å². The molecule has 0 aliphatic heterocycles. The van der Waals surface area contributed by atoms with E-state index < -0.39 is 5.60 Å². The van der Waals surface area contributed by atoms with E-state index in [1.165, 1.54) is 12.8 Å². The van der Waals surface area contributed by atoms with Crippen LogP contribution < -0.4 is 0 Å². The van der Waals surface area contributed by atoms with Crippen LogP contribution in [0.15, 0.2) is 0 Å². The van der Waals surface area contributed by atoms with E-state index in [1.807, 2.05) is 13.8 Å². The SMILES string of the molecule is CC(C)C1CC(C(C)(C)O)C1. The summed E-state index contributed by atoms with van der Waals surface area (Å²) in [6.45, 7) is 8.39. The predicted octanol–water partition coefficient (Wildman–Crippen LogP) is 2.44. The van der Waals surface area contributed by atoms with Gasteiger partial charge in [-0.3, -0.25) is 0 Å². The van der Waals surface area contributed by atoms with Gasteiger partial charge >= 0.3 is 0 Å². The first-order valence-corrected chi connectivity index (χ1v) is 4.63. The molecule has 0 aromatic carbocycles. The summed E-state index contributed by atoms with van der Waals surface area (Å²) >= 11 is 0. The Morgan fingerprint density at radius 1 is 1.27 bits per heavy atom. The van der Waals surface area contributed by atoms with Gasteiger partial charge in [0.2, 0.25) is 0 Å². The summed E-state index contributed by atoms with van der Waals surface area (Å²) in [6.07, 6.45) is 2.45. The molecule has 0 spiro atoms. The van der Waals surface area contributed by atoms with E-state index in [9.17, 15) is 5.11 Å². The lowest BCUT2D eigenvalue weighted by molar-refractivity contribution is -0.0526. The highest BCUT2D eigenvalue weighted by molar-refractivity contribution is 4.90. The summed E-state index contributed by atoms with van der Waals surface area (Å²) in [5, 5.41) is 9.64. The number of hydrogen-bond donors (Lipinski definition) is 1. The third-order valence-corrected chi connectivity index (χ3v) is 3.12. The molecule has 1 N–H and O–H groups in total. The summed E-state index contributed by atoms with van der Waals surface area (Å²) < 4.78 is 0. The van der Waals surface area contributed by atoms with Gasteiger partial charge in [-0.05, 0) is 44.4 Å². The van der Waals surface area contributed by atoms with E-state index in [0.29, 0.717) is 5.92 Å². The molecule has 1 aliphatic rings. The van der Waals surface area contributed by atoms with Gasteiger partial charge in [0.05, 0.1) is 5.60 Å². The van der Waals surface area contributed by atoms with Gasteiger partial charge in [-0.15, -0.1) is 0 Å². The summed E-state index contributed by atoms with van der Waals surface area (Å²) in [6, 6.07) is 0. The normalized spacial score (nSPS) is 32.2. The minimum Gasteiger partial charge on any atom is -0.390 e. The fourth-order valence-electron chi connectivity index (χ4n) is 1.78. The lowest BCUT2D eigenvalue weighted by Crippen LogP contribution is -2.42. The second kappa shape index (κ2) is 2.78. The zero-order valence-corrected chi connectivity index (χ0v) is 8.09. The fraction of sp³-hybridized carbons (Fsp3) is 1.00. The molecule has 1 fully saturated rings. The van der Waals surface area contributed by atoms with Crippen LogP contribution >= 0.6 is 0 Å². The molecule has 1 heteroatoms. The summed E-state index contributed by atoms with van der Waals surface area (Å²) in [4.78, 5) is 0. The first kappa shape index (κ1) is 9.05. The molecule has 0 saturated heterocycles. The van der Waals surface area contributed by atoms with E-state index in [0.717, 1.165) is 11.8 Å². The van der Waals surface area contributed by atoms with Gasteiger partial charge < -0.3 is 5.11 Å². The van der Waals surface area contributed by atoms with Crippen molar-refractivity contribution in [2.24, 2.45) is 17.8 Å². The number of hydrogen-bond acceptors (Lipinski definition) is 1. The molecule has 1 saturated carbocycles. The molecular formula is C10H20O. The number of rotatable bonds is 2. The molecule has 11 heavy (non-hydrogen) atoms. The molecule has 66 valence electrons. The van der Waals surface area contributed by atoms with Crippen molar-refractivity contribution in [3.8, 4) is 0 Å². The third kappa shape index (κ3) is 1.96. The van der Waals surface area contributed by atoms with Crippen LogP contribution in [-0.4, -0.2) is 10.7 Å². The van der Waals surface area contributed by atoms with Crippen molar-refractivity contribution in [1.82, 2.24) is 0 Å². The van der Waals surface area contributed by atoms with Gasteiger partial charge in [0.25, 0.3) is 0 Å². The Balaban J connectivity index is 2.30. The highest BCUT2D eigenvalue weighted by Crippen LogP contribution is 2.44. The van der Waals surface area contributed by atoms with E-state index >= 15 is 0 Å². The minimum absolute atomic E-state index is 0.439. The Hall–Kier alpha value is -0.0400. The Bertz CT molecular complexity index is 126. The highest BCUT2D eigenvalue weighted by Gasteiger charge is 2.39. The van der Waals surface area contributed by atoms with Crippen molar-refractivity contribution in [1.29, 1.82) is 0 Å². The van der Waals surface area contributed by atoms with E-state index in [4.69, 9.17) is 0 Å². The first-order chi connectivity index (χ1) is 4.91. The Labute approximate surface area is 69.8 Å². The molecule has 1 nitrogen and oxygen atoms in total. The van der Waals surface area contributed by atoms with Gasteiger partial charge in [-0.25, -0.2) is 0 Å². The van der Waals surface area contributed by atoms with E-state index in [2.05, 4.69) is 13.8 Å². The Kier molecular flexibility index (Phi) is 2.29. The van der Waals surface area contributed by atoms with Crippen molar-refractivity contribution in [3.05, 3.63) is 0 Å². The maximum absolute atomic E-state index is 9.64. The molecule has 0 bridgehead atoms. The quantitative estimate of drug-likeness (QED) is 0.651. The van der Waals surface area contributed by atoms with Gasteiger partial charge in [0.1, 0.15) is 0 Å². The molecular weight excluding hydrogens is 136 g/mol. The maximum atomic E-state index is 9.64. The molecule has 1 rings (SSSR count). The van der Waals surface area contributed by atoms with Crippen LogP contribution in [0.25, 0.3) is 0 Å². The Morgan fingerprint density at radius 3 is 2.00 bits per heavy atom. The van der Waals surface area contributed by atoms with Crippen molar-refractivity contribution in [3.63, 3.8) is 0 Å². The molecule has 0 unspecified atom stereocenters. The van der Waals surface area contributed by atoms with Crippen LogP contribution in [0, 0.1) is 17.8 Å². The van der Waals surface area contributed by atoms with Gasteiger partial charge in [-0.1, -0.05) is 13.8 Å². The van der Waals surface area contributed by atoms with E-state index in [-0.39, 0.29) is 0 Å². The molecule has 0 amide bonds. The van der Waals surface area contributed by atoms with Crippen LogP contribution in [0.2, 0.25) is 0 Å². The first-order valence-electron chi connectivity index (χ1n) is 4.63. The topological polar surface area (TPSA) is 20.2 Å². The average Bonchev–Trinajstić information content (AvgIpc) is 1.51. The van der Waals surface area contributed by atoms with Crippen molar-refractivity contribution < 1.29 is 5.11 Å². The second-order valence-electron chi connectivity index (χ2n) is 4.83. The number of aliphatic hydroxyl groups is 1. The van der Waals surface area contributed by atoms with Crippen LogP contribution in [0.5, 0.6) is 0 Å². The van der Waals surface area contributed by atoms with Gasteiger partial charge in [0.15, 0.2) is 0 Å². The van der Waals surface area contributed by atoms with Crippen LogP contribution in [0.3, 0.4) is 0 Å². The maximum Gasteiger partial charge on any atom is 0.0620 e. The second-order valence-corrected chi connectivity index (χ2v) is 4.83. The van der Waals surface area contributed by atoms with Crippen LogP contribution in [0.4, 0.5) is 0 Å². The largest absolute Gasteiger partial charge is 0.390 e. The molecule has 0 heterocycles. The Morgan fingerprint density at radius 2 is 1.73 bits per heavy atom. The summed E-state index contributed by atoms with van der Waals surface area (Å²) in [7, 11) is 0. The predicted molar refractivity (Wildman–Crippen MR) is 47.3 cm³/mol. The third-order valence-electron chi connectivity index (χ3n) is 3.12. The summed E-state index contributed by atoms with van der Waals surface area (Å²) in [5.41, 5.74) is -0.439. The molecule has 0 aromatic rings. The lowest BCUT2D eigenvalue weighted by atomic mass is 9.64. The average molecular weight is 156 g/mol. The van der Waals surface area contributed by atoms with Gasteiger partial charge in [0, 0.05) is 0 Å². The smallest absolute Gasteiger partial charge is 0.0620 e. The van der Waals surface area contributed by atoms with Crippen molar-refractivity contribution >= 4 is 0 Å². The molecule has 0 radical (unpaired) electrons. The summed E-state index contributed by atoms with van der Waals surface area (Å²) in [5.74, 6) is 2.22. The monoisotopic (exact) mass is 156 g/mol.